The first-order valence-electron chi connectivity index (χ1n) is 7.65. The van der Waals surface area contributed by atoms with Crippen molar-refractivity contribution in [3.05, 3.63) is 48.2 Å². The van der Waals surface area contributed by atoms with E-state index in [0.717, 1.165) is 31.6 Å². The van der Waals surface area contributed by atoms with E-state index in [2.05, 4.69) is 64.8 Å². The minimum absolute atomic E-state index is 0.387. The molecule has 0 spiro atoms. The number of hydrogen-bond acceptors (Lipinski definition) is 4. The van der Waals surface area contributed by atoms with Crippen molar-refractivity contribution in [1.29, 1.82) is 0 Å². The molecule has 0 amide bonds. The highest BCUT2D eigenvalue weighted by Gasteiger charge is 2.02. The highest BCUT2D eigenvalue weighted by molar-refractivity contribution is 5.39. The van der Waals surface area contributed by atoms with Crippen molar-refractivity contribution in [2.45, 2.75) is 39.2 Å². The van der Waals surface area contributed by atoms with Gasteiger partial charge in [0.05, 0.1) is 0 Å². The van der Waals surface area contributed by atoms with E-state index in [1.807, 2.05) is 6.07 Å². The van der Waals surface area contributed by atoms with E-state index < -0.39 is 0 Å². The molecule has 2 aromatic rings. The largest absolute Gasteiger partial charge is 0.370 e. The van der Waals surface area contributed by atoms with Crippen molar-refractivity contribution in [3.63, 3.8) is 0 Å². The maximum Gasteiger partial charge on any atom is 0.224 e. The predicted octanol–water partition coefficient (Wildman–Crippen LogP) is 3.73. The summed E-state index contributed by atoms with van der Waals surface area (Å²) in [5, 5.41) is 6.64. The normalized spacial score (nSPS) is 11.9. The third-order valence-corrected chi connectivity index (χ3v) is 3.43. The van der Waals surface area contributed by atoms with E-state index in [1.165, 1.54) is 5.56 Å². The second kappa shape index (κ2) is 8.25. The van der Waals surface area contributed by atoms with Crippen molar-refractivity contribution >= 4 is 11.8 Å². The maximum atomic E-state index is 4.47. The van der Waals surface area contributed by atoms with E-state index in [4.69, 9.17) is 0 Å². The highest BCUT2D eigenvalue weighted by atomic mass is 15.1. The predicted molar refractivity (Wildman–Crippen MR) is 88.7 cm³/mol. The molecule has 0 saturated heterocycles. The minimum atomic E-state index is 0.387. The fourth-order valence-corrected chi connectivity index (χ4v) is 2.00. The molecule has 4 nitrogen and oxygen atoms in total. The van der Waals surface area contributed by atoms with Crippen molar-refractivity contribution in [1.82, 2.24) is 9.97 Å². The molecule has 1 aromatic carbocycles. The summed E-state index contributed by atoms with van der Waals surface area (Å²) in [6, 6.07) is 12.8. The average Bonchev–Trinajstić information content (AvgIpc) is 2.53. The van der Waals surface area contributed by atoms with Crippen LogP contribution in [0.2, 0.25) is 0 Å². The molecule has 0 aliphatic rings. The fourth-order valence-electron chi connectivity index (χ4n) is 2.00. The van der Waals surface area contributed by atoms with Gasteiger partial charge in [0.1, 0.15) is 5.82 Å². The second-order valence-electron chi connectivity index (χ2n) is 5.24. The summed E-state index contributed by atoms with van der Waals surface area (Å²) in [7, 11) is 0. The van der Waals surface area contributed by atoms with Gasteiger partial charge >= 0.3 is 0 Å². The summed E-state index contributed by atoms with van der Waals surface area (Å²) in [5.41, 5.74) is 1.38. The van der Waals surface area contributed by atoms with Crippen LogP contribution in [0.1, 0.15) is 32.3 Å². The zero-order valence-electron chi connectivity index (χ0n) is 12.8. The van der Waals surface area contributed by atoms with E-state index in [1.54, 1.807) is 6.20 Å². The molecule has 2 N–H and O–H groups in total. The number of nitrogens with one attached hydrogen (secondary N) is 2. The fraction of sp³-hybridized carbons (Fsp3) is 0.412. The van der Waals surface area contributed by atoms with Gasteiger partial charge in [0, 0.05) is 18.8 Å². The second-order valence-corrected chi connectivity index (χ2v) is 5.24. The average molecular weight is 284 g/mol. The number of aromatic nitrogens is 2. The Morgan fingerprint density at radius 1 is 1.14 bits per heavy atom. The third kappa shape index (κ3) is 5.42. The topological polar surface area (TPSA) is 49.8 Å². The molecule has 1 aromatic heterocycles. The van der Waals surface area contributed by atoms with Crippen LogP contribution in [-0.2, 0) is 6.42 Å². The summed E-state index contributed by atoms with van der Waals surface area (Å²) >= 11 is 0. The molecule has 0 aliphatic heterocycles. The standard InChI is InChI=1S/C17H24N4/c1-3-14(2)20-17-19-13-11-16(21-17)18-12-7-10-15-8-5-4-6-9-15/h4-6,8-9,11,13-14H,3,7,10,12H2,1-2H3,(H2,18,19,20,21). The Kier molecular flexibility index (Phi) is 6.00. The molecule has 21 heavy (non-hydrogen) atoms. The van der Waals surface area contributed by atoms with Gasteiger partial charge in [-0.1, -0.05) is 37.3 Å². The smallest absolute Gasteiger partial charge is 0.224 e. The van der Waals surface area contributed by atoms with E-state index in [9.17, 15) is 0 Å². The third-order valence-electron chi connectivity index (χ3n) is 3.43. The lowest BCUT2D eigenvalue weighted by atomic mass is 10.1. The van der Waals surface area contributed by atoms with E-state index in [0.29, 0.717) is 12.0 Å². The lowest BCUT2D eigenvalue weighted by Gasteiger charge is -2.12. The zero-order valence-corrected chi connectivity index (χ0v) is 12.8. The summed E-state index contributed by atoms with van der Waals surface area (Å²) in [4.78, 5) is 8.71. The van der Waals surface area contributed by atoms with Crippen LogP contribution in [0.3, 0.4) is 0 Å². The molecular formula is C17H24N4. The molecule has 1 heterocycles. The van der Waals surface area contributed by atoms with Crippen LogP contribution in [0.15, 0.2) is 42.6 Å². The summed E-state index contributed by atoms with van der Waals surface area (Å²) < 4.78 is 0. The Labute approximate surface area is 127 Å². The molecular weight excluding hydrogens is 260 g/mol. The van der Waals surface area contributed by atoms with Crippen LogP contribution >= 0.6 is 0 Å². The molecule has 0 saturated carbocycles. The molecule has 2 rings (SSSR count). The minimum Gasteiger partial charge on any atom is -0.370 e. The van der Waals surface area contributed by atoms with Gasteiger partial charge in [-0.2, -0.15) is 4.98 Å². The molecule has 1 unspecified atom stereocenters. The Balaban J connectivity index is 1.76. The number of aryl methyl sites for hydroxylation is 1. The lowest BCUT2D eigenvalue weighted by Crippen LogP contribution is -2.16. The molecule has 0 radical (unpaired) electrons. The van der Waals surface area contributed by atoms with E-state index >= 15 is 0 Å². The molecule has 0 fully saturated rings. The first-order valence-corrected chi connectivity index (χ1v) is 7.65. The molecule has 0 aliphatic carbocycles. The quantitative estimate of drug-likeness (QED) is 0.725. The Morgan fingerprint density at radius 2 is 1.95 bits per heavy atom. The number of benzene rings is 1. The molecule has 1 atom stereocenters. The van der Waals surface area contributed by atoms with Gasteiger partial charge in [-0.15, -0.1) is 0 Å². The zero-order chi connectivity index (χ0) is 14.9. The molecule has 112 valence electrons. The summed E-state index contributed by atoms with van der Waals surface area (Å²) in [6.45, 7) is 5.18. The van der Waals surface area contributed by atoms with Gasteiger partial charge in [-0.3, -0.25) is 0 Å². The Bertz CT molecular complexity index is 527. The Hall–Kier alpha value is -2.10. The SMILES string of the molecule is CCC(C)Nc1nccc(NCCCc2ccccc2)n1. The maximum absolute atomic E-state index is 4.47. The van der Waals surface area contributed by atoms with Gasteiger partial charge in [0.15, 0.2) is 0 Å². The summed E-state index contributed by atoms with van der Waals surface area (Å²) in [5.74, 6) is 1.57. The Morgan fingerprint density at radius 3 is 2.71 bits per heavy atom. The summed E-state index contributed by atoms with van der Waals surface area (Å²) in [6.07, 6.45) is 5.01. The first kappa shape index (κ1) is 15.3. The molecule has 4 heteroatoms. The van der Waals surface area contributed by atoms with Crippen LogP contribution < -0.4 is 10.6 Å². The lowest BCUT2D eigenvalue weighted by molar-refractivity contribution is 0.752. The van der Waals surface area contributed by atoms with Crippen LogP contribution in [0.4, 0.5) is 11.8 Å². The van der Waals surface area contributed by atoms with Gasteiger partial charge < -0.3 is 10.6 Å². The van der Waals surface area contributed by atoms with Crippen molar-refractivity contribution in [2.24, 2.45) is 0 Å². The van der Waals surface area contributed by atoms with Gasteiger partial charge in [0.2, 0.25) is 5.95 Å². The van der Waals surface area contributed by atoms with Crippen molar-refractivity contribution < 1.29 is 0 Å². The number of anilines is 2. The molecule has 0 bridgehead atoms. The van der Waals surface area contributed by atoms with E-state index in [-0.39, 0.29) is 0 Å². The van der Waals surface area contributed by atoms with Crippen LogP contribution in [0.5, 0.6) is 0 Å². The van der Waals surface area contributed by atoms with Crippen LogP contribution in [0, 0.1) is 0 Å². The number of rotatable bonds is 8. The monoisotopic (exact) mass is 284 g/mol. The van der Waals surface area contributed by atoms with Gasteiger partial charge in [-0.05, 0) is 37.8 Å². The number of hydrogen-bond donors (Lipinski definition) is 2. The highest BCUT2D eigenvalue weighted by Crippen LogP contribution is 2.08. The van der Waals surface area contributed by atoms with Crippen LogP contribution in [-0.4, -0.2) is 22.6 Å². The number of nitrogens with zero attached hydrogens (tertiary/aromatic N) is 2. The van der Waals surface area contributed by atoms with Gasteiger partial charge in [0.25, 0.3) is 0 Å². The first-order chi connectivity index (χ1) is 10.3. The van der Waals surface area contributed by atoms with Gasteiger partial charge in [-0.25, -0.2) is 4.98 Å². The van der Waals surface area contributed by atoms with Crippen molar-refractivity contribution in [3.8, 4) is 0 Å². The van der Waals surface area contributed by atoms with Crippen molar-refractivity contribution in [2.75, 3.05) is 17.2 Å². The van der Waals surface area contributed by atoms with Crippen LogP contribution in [0.25, 0.3) is 0 Å².